The van der Waals surface area contributed by atoms with Gasteiger partial charge in [-0.3, -0.25) is 4.68 Å². The third kappa shape index (κ3) is 4.20. The molecule has 0 saturated heterocycles. The van der Waals surface area contributed by atoms with Crippen molar-refractivity contribution in [3.05, 3.63) is 17.5 Å². The lowest BCUT2D eigenvalue weighted by Gasteiger charge is -2.14. The number of rotatable bonds is 6. The van der Waals surface area contributed by atoms with Crippen LogP contribution in [0.3, 0.4) is 0 Å². The second-order valence-corrected chi connectivity index (χ2v) is 5.15. The summed E-state index contributed by atoms with van der Waals surface area (Å²) >= 11 is 0. The number of nitrogens with one attached hydrogen (secondary N) is 1. The molecule has 4 heteroatoms. The van der Waals surface area contributed by atoms with Crippen LogP contribution in [0.5, 0.6) is 0 Å². The molecule has 17 heavy (non-hydrogen) atoms. The van der Waals surface area contributed by atoms with Crippen LogP contribution < -0.4 is 5.32 Å². The molecule has 0 radical (unpaired) electrons. The minimum Gasteiger partial charge on any atom is -0.313 e. The molecule has 94 valence electrons. The Balaban J connectivity index is 2.22. The van der Waals surface area contributed by atoms with E-state index in [0.29, 0.717) is 0 Å². The van der Waals surface area contributed by atoms with E-state index in [1.165, 1.54) is 11.3 Å². The normalized spacial score (nSPS) is 11.5. The molecular weight excluding hydrogens is 212 g/mol. The summed E-state index contributed by atoms with van der Waals surface area (Å²) in [5.41, 5.74) is 2.24. The van der Waals surface area contributed by atoms with Crippen LogP contribution in [0.2, 0.25) is 0 Å². The van der Waals surface area contributed by atoms with Crippen LogP contribution in [0.25, 0.3) is 0 Å². The Bertz CT molecular complexity index is 398. The quantitative estimate of drug-likeness (QED) is 0.767. The molecule has 1 aromatic heterocycles. The molecule has 0 aromatic carbocycles. The van der Waals surface area contributed by atoms with Gasteiger partial charge in [0.25, 0.3) is 0 Å². The predicted octanol–water partition coefficient (Wildman–Crippen LogP) is 2.15. The van der Waals surface area contributed by atoms with Gasteiger partial charge in [0.1, 0.15) is 0 Å². The van der Waals surface area contributed by atoms with E-state index in [-0.39, 0.29) is 5.41 Å². The molecule has 0 atom stereocenters. The zero-order valence-electron chi connectivity index (χ0n) is 11.2. The van der Waals surface area contributed by atoms with Gasteiger partial charge >= 0.3 is 0 Å². The van der Waals surface area contributed by atoms with Gasteiger partial charge in [0.05, 0.1) is 17.7 Å². The molecule has 0 amide bonds. The summed E-state index contributed by atoms with van der Waals surface area (Å²) in [4.78, 5) is 0. The van der Waals surface area contributed by atoms with Crippen LogP contribution in [0.4, 0.5) is 0 Å². The lowest BCUT2D eigenvalue weighted by Crippen LogP contribution is -2.18. The van der Waals surface area contributed by atoms with Crippen molar-refractivity contribution in [2.24, 2.45) is 12.5 Å². The lowest BCUT2D eigenvalue weighted by atomic mass is 9.90. The molecule has 0 aliphatic heterocycles. The van der Waals surface area contributed by atoms with Gasteiger partial charge in [-0.25, -0.2) is 0 Å². The van der Waals surface area contributed by atoms with E-state index in [0.717, 1.165) is 25.9 Å². The van der Waals surface area contributed by atoms with E-state index in [9.17, 15) is 0 Å². The maximum absolute atomic E-state index is 8.89. The average molecular weight is 234 g/mol. The minimum atomic E-state index is -0.202. The van der Waals surface area contributed by atoms with Gasteiger partial charge < -0.3 is 5.32 Å². The molecule has 0 unspecified atom stereocenters. The molecule has 1 aromatic rings. The lowest BCUT2D eigenvalue weighted by molar-refractivity contribution is 0.426. The largest absolute Gasteiger partial charge is 0.313 e. The summed E-state index contributed by atoms with van der Waals surface area (Å²) in [5, 5.41) is 16.5. The second-order valence-electron chi connectivity index (χ2n) is 5.15. The number of nitrogens with zero attached hydrogens (tertiary/aromatic N) is 3. The van der Waals surface area contributed by atoms with Crippen molar-refractivity contribution in [2.45, 2.75) is 40.2 Å². The van der Waals surface area contributed by atoms with Crippen LogP contribution in [-0.4, -0.2) is 16.3 Å². The number of aryl methyl sites for hydroxylation is 1. The van der Waals surface area contributed by atoms with Gasteiger partial charge in [0.15, 0.2) is 0 Å². The second kappa shape index (κ2) is 5.83. The average Bonchev–Trinajstić information content (AvgIpc) is 2.60. The van der Waals surface area contributed by atoms with Crippen LogP contribution in [0, 0.1) is 23.7 Å². The Morgan fingerprint density at radius 2 is 2.24 bits per heavy atom. The highest BCUT2D eigenvalue weighted by Crippen LogP contribution is 2.19. The third-order valence-electron chi connectivity index (χ3n) is 3.11. The number of hydrogen-bond acceptors (Lipinski definition) is 3. The van der Waals surface area contributed by atoms with Crippen LogP contribution in [0.15, 0.2) is 6.20 Å². The molecule has 4 nitrogen and oxygen atoms in total. The smallest absolute Gasteiger partial charge is 0.0683 e. The summed E-state index contributed by atoms with van der Waals surface area (Å²) < 4.78 is 1.88. The van der Waals surface area contributed by atoms with E-state index in [1.54, 1.807) is 0 Å². The van der Waals surface area contributed by atoms with Crippen LogP contribution in [-0.2, 0) is 13.6 Å². The predicted molar refractivity (Wildman–Crippen MR) is 68.3 cm³/mol. The van der Waals surface area contributed by atoms with Crippen molar-refractivity contribution < 1.29 is 0 Å². The van der Waals surface area contributed by atoms with Crippen molar-refractivity contribution in [3.63, 3.8) is 0 Å². The molecule has 1 heterocycles. The first-order valence-electron chi connectivity index (χ1n) is 6.06. The molecule has 1 N–H and O–H groups in total. The van der Waals surface area contributed by atoms with Gasteiger partial charge in [-0.2, -0.15) is 10.4 Å². The number of aromatic nitrogens is 2. The van der Waals surface area contributed by atoms with E-state index in [1.807, 2.05) is 31.8 Å². The SMILES string of the molecule is Cc1c(CNCCCC(C)(C)C#N)cnn1C. The summed E-state index contributed by atoms with van der Waals surface area (Å²) in [5.74, 6) is 0. The van der Waals surface area contributed by atoms with Crippen molar-refractivity contribution in [2.75, 3.05) is 6.54 Å². The highest BCUT2D eigenvalue weighted by atomic mass is 15.3. The number of nitriles is 1. The zero-order chi connectivity index (χ0) is 12.9. The van der Waals surface area contributed by atoms with Gasteiger partial charge in [0, 0.05) is 24.8 Å². The maximum Gasteiger partial charge on any atom is 0.0683 e. The Morgan fingerprint density at radius 1 is 1.53 bits per heavy atom. The van der Waals surface area contributed by atoms with Crippen molar-refractivity contribution in [1.29, 1.82) is 5.26 Å². The maximum atomic E-state index is 8.89. The fraction of sp³-hybridized carbons (Fsp3) is 0.692. The van der Waals surface area contributed by atoms with Crippen molar-refractivity contribution in [1.82, 2.24) is 15.1 Å². The first-order valence-corrected chi connectivity index (χ1v) is 6.06. The fourth-order valence-corrected chi connectivity index (χ4v) is 1.65. The van der Waals surface area contributed by atoms with Gasteiger partial charge in [-0.1, -0.05) is 0 Å². The van der Waals surface area contributed by atoms with Gasteiger partial charge in [0.2, 0.25) is 0 Å². The zero-order valence-corrected chi connectivity index (χ0v) is 11.2. The molecule has 0 fully saturated rings. The minimum absolute atomic E-state index is 0.202. The van der Waals surface area contributed by atoms with E-state index < -0.39 is 0 Å². The van der Waals surface area contributed by atoms with E-state index in [2.05, 4.69) is 23.4 Å². The standard InChI is InChI=1S/C13H22N4/c1-11-12(9-16-17(11)4)8-15-7-5-6-13(2,3)10-14/h9,15H,5-8H2,1-4H3. The Morgan fingerprint density at radius 3 is 2.76 bits per heavy atom. The summed E-state index contributed by atoms with van der Waals surface area (Å²) in [7, 11) is 1.95. The van der Waals surface area contributed by atoms with Crippen LogP contribution >= 0.6 is 0 Å². The Kier molecular flexibility index (Phi) is 4.71. The van der Waals surface area contributed by atoms with E-state index in [4.69, 9.17) is 5.26 Å². The first-order chi connectivity index (χ1) is 7.96. The monoisotopic (exact) mass is 234 g/mol. The topological polar surface area (TPSA) is 53.6 Å². The third-order valence-corrected chi connectivity index (χ3v) is 3.11. The van der Waals surface area contributed by atoms with Crippen molar-refractivity contribution >= 4 is 0 Å². The molecule has 0 saturated carbocycles. The molecule has 1 rings (SSSR count). The summed E-state index contributed by atoms with van der Waals surface area (Å²) in [6.45, 7) is 7.84. The summed E-state index contributed by atoms with van der Waals surface area (Å²) in [6.07, 6.45) is 3.87. The Hall–Kier alpha value is -1.34. The molecule has 0 aliphatic carbocycles. The highest BCUT2D eigenvalue weighted by Gasteiger charge is 2.15. The fourth-order valence-electron chi connectivity index (χ4n) is 1.65. The molecule has 0 spiro atoms. The van der Waals surface area contributed by atoms with Gasteiger partial charge in [-0.05, 0) is 40.2 Å². The van der Waals surface area contributed by atoms with Gasteiger partial charge in [-0.15, -0.1) is 0 Å². The van der Waals surface area contributed by atoms with Crippen LogP contribution in [0.1, 0.15) is 37.9 Å². The molecule has 0 aliphatic rings. The molecule has 0 bridgehead atoms. The summed E-state index contributed by atoms with van der Waals surface area (Å²) in [6, 6.07) is 2.32. The first kappa shape index (κ1) is 13.7. The highest BCUT2D eigenvalue weighted by molar-refractivity contribution is 5.15. The Labute approximate surface area is 104 Å². The van der Waals surface area contributed by atoms with E-state index >= 15 is 0 Å². The molecular formula is C13H22N4. The number of hydrogen-bond donors (Lipinski definition) is 1. The van der Waals surface area contributed by atoms with Crippen molar-refractivity contribution in [3.8, 4) is 6.07 Å².